The van der Waals surface area contributed by atoms with Crippen molar-refractivity contribution < 1.29 is 19.1 Å². The third-order valence-corrected chi connectivity index (χ3v) is 6.88. The van der Waals surface area contributed by atoms with Crippen molar-refractivity contribution in [2.75, 3.05) is 0 Å². The fourth-order valence-electron chi connectivity index (χ4n) is 4.66. The zero-order valence-electron chi connectivity index (χ0n) is 19.1. The lowest BCUT2D eigenvalue weighted by Crippen LogP contribution is -2.31. The van der Waals surface area contributed by atoms with Crippen LogP contribution < -0.4 is 10.7 Å². The second kappa shape index (κ2) is 8.41. The maximum Gasteiger partial charge on any atom is 0.307 e. The van der Waals surface area contributed by atoms with Gasteiger partial charge < -0.3 is 15.0 Å². The Morgan fingerprint density at radius 1 is 1.06 bits per heavy atom. The summed E-state index contributed by atoms with van der Waals surface area (Å²) in [4.78, 5) is 41.4. The first kappa shape index (κ1) is 22.2. The minimum Gasteiger partial charge on any atom is -0.481 e. The second-order valence-electron chi connectivity index (χ2n) is 9.44. The third kappa shape index (κ3) is 3.94. The van der Waals surface area contributed by atoms with Gasteiger partial charge >= 0.3 is 5.97 Å². The Hall–Kier alpha value is -4.33. The molecule has 0 bridgehead atoms. The van der Waals surface area contributed by atoms with Gasteiger partial charge in [-0.05, 0) is 66.3 Å². The highest BCUT2D eigenvalue weighted by molar-refractivity contribution is 5.97. The van der Waals surface area contributed by atoms with Gasteiger partial charge in [-0.15, -0.1) is 0 Å². The van der Waals surface area contributed by atoms with Crippen molar-refractivity contribution in [3.8, 4) is 16.8 Å². The number of pyridine rings is 2. The fourth-order valence-corrected chi connectivity index (χ4v) is 4.66. The summed E-state index contributed by atoms with van der Waals surface area (Å²) in [5, 5.41) is 12.4. The van der Waals surface area contributed by atoms with Gasteiger partial charge in [-0.2, -0.15) is 0 Å². The lowest BCUT2D eigenvalue weighted by atomic mass is 10.0. The van der Waals surface area contributed by atoms with Crippen LogP contribution in [0.15, 0.2) is 71.8 Å². The molecule has 8 heteroatoms. The Morgan fingerprint density at radius 3 is 2.58 bits per heavy atom. The average Bonchev–Trinajstić information content (AvgIpc) is 3.80. The van der Waals surface area contributed by atoms with Crippen LogP contribution in [0.4, 0.5) is 4.39 Å². The molecule has 0 spiro atoms. The van der Waals surface area contributed by atoms with E-state index in [4.69, 9.17) is 5.11 Å². The summed E-state index contributed by atoms with van der Waals surface area (Å²) in [6.07, 6.45) is 5.36. The predicted octanol–water partition coefficient (Wildman–Crippen LogP) is 4.27. The predicted molar refractivity (Wildman–Crippen MR) is 132 cm³/mol. The molecule has 0 radical (unpaired) electrons. The molecule has 36 heavy (non-hydrogen) atoms. The molecule has 2 aliphatic carbocycles. The number of hydrogen-bond donors (Lipinski definition) is 2. The number of amides is 1. The minimum atomic E-state index is -0.900. The van der Waals surface area contributed by atoms with E-state index < -0.39 is 23.6 Å². The number of carbonyl (C=O) groups is 2. The normalized spacial score (nSPS) is 18.7. The van der Waals surface area contributed by atoms with E-state index in [0.29, 0.717) is 34.3 Å². The van der Waals surface area contributed by atoms with Crippen molar-refractivity contribution in [2.24, 2.45) is 5.92 Å². The van der Waals surface area contributed by atoms with Gasteiger partial charge in [0.05, 0.1) is 11.3 Å². The quantitative estimate of drug-likeness (QED) is 0.427. The number of aliphatic carboxylic acids is 1. The third-order valence-electron chi connectivity index (χ3n) is 6.88. The lowest BCUT2D eigenvalue weighted by Gasteiger charge is -2.14. The molecular formula is C28H22FN3O4. The van der Waals surface area contributed by atoms with E-state index in [1.807, 2.05) is 24.3 Å². The number of nitrogens with zero attached hydrogens (tertiary/aromatic N) is 2. The summed E-state index contributed by atoms with van der Waals surface area (Å²) >= 11 is 0. The Bertz CT molecular complexity index is 1610. The number of carboxylic acids is 1. The van der Waals surface area contributed by atoms with E-state index in [2.05, 4.69) is 10.3 Å². The van der Waals surface area contributed by atoms with Crippen molar-refractivity contribution in [1.82, 2.24) is 14.9 Å². The van der Waals surface area contributed by atoms with Crippen LogP contribution in [-0.2, 0) is 4.79 Å². The number of hydrogen-bond acceptors (Lipinski definition) is 4. The van der Waals surface area contributed by atoms with Crippen molar-refractivity contribution in [1.29, 1.82) is 0 Å². The molecular weight excluding hydrogens is 461 g/mol. The molecule has 0 aliphatic heterocycles. The number of nitrogens with one attached hydrogen (secondary N) is 1. The molecule has 2 fully saturated rings. The molecule has 2 heterocycles. The summed E-state index contributed by atoms with van der Waals surface area (Å²) in [7, 11) is 0. The summed E-state index contributed by atoms with van der Waals surface area (Å²) in [5.41, 5.74) is 2.53. The Labute approximate surface area is 205 Å². The largest absolute Gasteiger partial charge is 0.481 e. The van der Waals surface area contributed by atoms with Gasteiger partial charge in [0, 0.05) is 30.0 Å². The molecule has 2 aromatic heterocycles. The number of carboxylic acid groups (broad SMARTS) is 1. The van der Waals surface area contributed by atoms with E-state index in [9.17, 15) is 18.8 Å². The monoisotopic (exact) mass is 483 g/mol. The molecule has 4 aromatic rings. The first-order chi connectivity index (χ1) is 17.4. The first-order valence-corrected chi connectivity index (χ1v) is 11.8. The number of rotatable bonds is 6. The highest BCUT2D eigenvalue weighted by Crippen LogP contribution is 2.48. The summed E-state index contributed by atoms with van der Waals surface area (Å²) in [6, 6.07) is 15.6. The van der Waals surface area contributed by atoms with E-state index in [0.717, 1.165) is 18.4 Å². The molecule has 2 aromatic carbocycles. The molecule has 7 nitrogen and oxygen atoms in total. The number of halogens is 1. The highest BCUT2D eigenvalue weighted by Gasteiger charge is 2.45. The molecule has 0 saturated heterocycles. The maximum absolute atomic E-state index is 14.9. The van der Waals surface area contributed by atoms with Crippen LogP contribution in [0.3, 0.4) is 0 Å². The molecule has 2 saturated carbocycles. The van der Waals surface area contributed by atoms with Gasteiger partial charge in [0.15, 0.2) is 0 Å². The highest BCUT2D eigenvalue weighted by atomic mass is 19.1. The van der Waals surface area contributed by atoms with Crippen molar-refractivity contribution >= 4 is 22.9 Å². The standard InChI is InChI=1S/C28H22FN3O4/c29-24-12-16(6-9-19(24)21-13-22(21)28(35)36)15-3-1-4-18(11-15)32-14-23(27(34)31-17-7-8-17)25(33)20-5-2-10-30-26(20)32/h1-6,9-12,14,17,21-22H,7-8,13H2,(H,31,34)(H,35,36)/t21-,22+/m0/s1. The molecule has 6 rings (SSSR count). The number of benzene rings is 2. The summed E-state index contributed by atoms with van der Waals surface area (Å²) in [5.74, 6) is -2.55. The van der Waals surface area contributed by atoms with Crippen molar-refractivity contribution in [3.05, 3.63) is 94.2 Å². The SMILES string of the molecule is O=C(NC1CC1)c1cn(-c2cccc(-c3ccc([C@@H]4C[C@H]4C(=O)O)c(F)c3)c2)c2ncccc2c1=O. The van der Waals surface area contributed by atoms with Crippen LogP contribution in [0.25, 0.3) is 27.8 Å². The molecule has 1 amide bonds. The second-order valence-corrected chi connectivity index (χ2v) is 9.44. The van der Waals surface area contributed by atoms with E-state index in [1.165, 1.54) is 12.3 Å². The molecule has 2 N–H and O–H groups in total. The van der Waals surface area contributed by atoms with E-state index in [1.54, 1.807) is 35.0 Å². The fraction of sp³-hybridized carbons (Fsp3) is 0.214. The van der Waals surface area contributed by atoms with Crippen LogP contribution >= 0.6 is 0 Å². The first-order valence-electron chi connectivity index (χ1n) is 11.8. The molecule has 2 atom stereocenters. The smallest absolute Gasteiger partial charge is 0.307 e. The number of aromatic nitrogens is 2. The van der Waals surface area contributed by atoms with E-state index >= 15 is 0 Å². The summed E-state index contributed by atoms with van der Waals surface area (Å²) in [6.45, 7) is 0. The van der Waals surface area contributed by atoms with Gasteiger partial charge in [0.25, 0.3) is 5.91 Å². The van der Waals surface area contributed by atoms with Gasteiger partial charge in [0.2, 0.25) is 5.43 Å². The Kier molecular flexibility index (Phi) is 5.17. The zero-order chi connectivity index (χ0) is 25.0. The zero-order valence-corrected chi connectivity index (χ0v) is 19.1. The number of fused-ring (bicyclic) bond motifs is 1. The average molecular weight is 483 g/mol. The van der Waals surface area contributed by atoms with Gasteiger partial charge in [0.1, 0.15) is 17.0 Å². The van der Waals surface area contributed by atoms with Gasteiger partial charge in [-0.25, -0.2) is 9.37 Å². The minimum absolute atomic E-state index is 0.0422. The lowest BCUT2D eigenvalue weighted by molar-refractivity contribution is -0.138. The maximum atomic E-state index is 14.9. The van der Waals surface area contributed by atoms with Crippen LogP contribution in [0.1, 0.15) is 41.1 Å². The van der Waals surface area contributed by atoms with Crippen molar-refractivity contribution in [2.45, 2.75) is 31.2 Å². The molecule has 0 unspecified atom stereocenters. The van der Waals surface area contributed by atoms with Crippen LogP contribution in [-0.4, -0.2) is 32.6 Å². The van der Waals surface area contributed by atoms with Crippen LogP contribution in [0, 0.1) is 11.7 Å². The number of carbonyl (C=O) groups excluding carboxylic acids is 1. The van der Waals surface area contributed by atoms with Crippen LogP contribution in [0.5, 0.6) is 0 Å². The van der Waals surface area contributed by atoms with Crippen LogP contribution in [0.2, 0.25) is 0 Å². The topological polar surface area (TPSA) is 101 Å². The van der Waals surface area contributed by atoms with Gasteiger partial charge in [-0.1, -0.05) is 24.3 Å². The van der Waals surface area contributed by atoms with Gasteiger partial charge in [-0.3, -0.25) is 14.4 Å². The Morgan fingerprint density at radius 2 is 1.86 bits per heavy atom. The Balaban J connectivity index is 1.41. The molecule has 2 aliphatic rings. The van der Waals surface area contributed by atoms with Crippen molar-refractivity contribution in [3.63, 3.8) is 0 Å². The molecule has 180 valence electrons. The van der Waals surface area contributed by atoms with E-state index in [-0.39, 0.29) is 23.0 Å². The summed E-state index contributed by atoms with van der Waals surface area (Å²) < 4.78 is 16.6.